The molecule has 3 rings (SSSR count). The number of benzene rings is 2. The van der Waals surface area contributed by atoms with Gasteiger partial charge < -0.3 is 20.5 Å². The van der Waals surface area contributed by atoms with E-state index in [1.165, 1.54) is 13.8 Å². The molecule has 7 nitrogen and oxygen atoms in total. The molecular weight excluding hydrogens is 453 g/mol. The van der Waals surface area contributed by atoms with Crippen molar-refractivity contribution in [2.45, 2.75) is 44.4 Å². The second kappa shape index (κ2) is 10.1. The Labute approximate surface area is 194 Å². The van der Waals surface area contributed by atoms with Gasteiger partial charge in [-0.05, 0) is 29.2 Å². The van der Waals surface area contributed by atoms with Crippen LogP contribution in [0.25, 0.3) is 11.1 Å². The number of halogens is 3. The van der Waals surface area contributed by atoms with Gasteiger partial charge in [0.05, 0.1) is 12.3 Å². The second-order valence-electron chi connectivity index (χ2n) is 8.25. The van der Waals surface area contributed by atoms with E-state index in [0.717, 1.165) is 22.3 Å². The fourth-order valence-corrected chi connectivity index (χ4v) is 3.90. The number of carboxylic acids is 1. The van der Waals surface area contributed by atoms with E-state index >= 15 is 0 Å². The van der Waals surface area contributed by atoms with E-state index < -0.39 is 48.6 Å². The normalized spacial score (nSPS) is 15.4. The number of rotatable bonds is 8. The minimum Gasteiger partial charge on any atom is -0.481 e. The molecule has 0 aliphatic heterocycles. The molecule has 3 unspecified atom stereocenters. The first kappa shape index (κ1) is 25.1. The first-order valence-electron chi connectivity index (χ1n) is 10.7. The maximum atomic E-state index is 13.0. The second-order valence-corrected chi connectivity index (χ2v) is 8.25. The monoisotopic (exact) mass is 478 g/mol. The predicted octanol–water partition coefficient (Wildman–Crippen LogP) is 4.07. The van der Waals surface area contributed by atoms with Gasteiger partial charge in [-0.2, -0.15) is 13.2 Å². The summed E-state index contributed by atoms with van der Waals surface area (Å²) < 4.78 is 44.4. The van der Waals surface area contributed by atoms with Crippen molar-refractivity contribution in [3.8, 4) is 11.1 Å². The summed E-state index contributed by atoms with van der Waals surface area (Å²) in [6, 6.07) is 12.2. The third-order valence-electron chi connectivity index (χ3n) is 5.94. The average molecular weight is 478 g/mol. The summed E-state index contributed by atoms with van der Waals surface area (Å²) in [6.45, 7) is 2.82. The van der Waals surface area contributed by atoms with Gasteiger partial charge >= 0.3 is 18.2 Å². The van der Waals surface area contributed by atoms with Crippen LogP contribution in [-0.4, -0.2) is 47.9 Å². The number of carbonyl (C=O) groups is 3. The zero-order valence-corrected chi connectivity index (χ0v) is 18.6. The fraction of sp³-hybridized carbons (Fsp3) is 0.375. The molecule has 182 valence electrons. The van der Waals surface area contributed by atoms with Crippen molar-refractivity contribution in [2.75, 3.05) is 6.61 Å². The molecule has 2 aromatic rings. The van der Waals surface area contributed by atoms with Crippen LogP contribution in [0.15, 0.2) is 48.5 Å². The van der Waals surface area contributed by atoms with Crippen LogP contribution in [0.3, 0.4) is 0 Å². The Morgan fingerprint density at radius 3 is 2.00 bits per heavy atom. The molecule has 1 aliphatic carbocycles. The Kier molecular flexibility index (Phi) is 7.48. The van der Waals surface area contributed by atoms with Gasteiger partial charge in [0, 0.05) is 12.0 Å². The summed E-state index contributed by atoms with van der Waals surface area (Å²) in [7, 11) is 0. The Balaban J connectivity index is 1.58. The number of fused-ring (bicyclic) bond motifs is 3. The number of hydrogen-bond acceptors (Lipinski definition) is 4. The molecule has 3 N–H and O–H groups in total. The van der Waals surface area contributed by atoms with E-state index in [0.29, 0.717) is 0 Å². The largest absolute Gasteiger partial charge is 0.481 e. The number of amides is 2. The van der Waals surface area contributed by atoms with Gasteiger partial charge in [-0.3, -0.25) is 9.59 Å². The van der Waals surface area contributed by atoms with Gasteiger partial charge in [0.1, 0.15) is 12.6 Å². The summed E-state index contributed by atoms with van der Waals surface area (Å²) in [5.41, 5.74) is 4.17. The lowest BCUT2D eigenvalue weighted by Crippen LogP contribution is -2.51. The Hall–Kier alpha value is -3.56. The fourth-order valence-electron chi connectivity index (χ4n) is 3.90. The van der Waals surface area contributed by atoms with Crippen LogP contribution in [0.4, 0.5) is 18.0 Å². The van der Waals surface area contributed by atoms with Crippen molar-refractivity contribution >= 4 is 18.0 Å². The van der Waals surface area contributed by atoms with Gasteiger partial charge in [-0.25, -0.2) is 4.79 Å². The predicted molar refractivity (Wildman–Crippen MR) is 117 cm³/mol. The quantitative estimate of drug-likeness (QED) is 0.531. The molecule has 2 amide bonds. The first-order chi connectivity index (χ1) is 16.0. The number of alkyl carbamates (subject to hydrolysis) is 1. The van der Waals surface area contributed by atoms with E-state index in [1.54, 1.807) is 5.32 Å². The molecule has 10 heteroatoms. The third-order valence-corrected chi connectivity index (χ3v) is 5.94. The maximum Gasteiger partial charge on any atom is 0.409 e. The highest BCUT2D eigenvalue weighted by atomic mass is 19.4. The first-order valence-corrected chi connectivity index (χ1v) is 10.7. The lowest BCUT2D eigenvalue weighted by molar-refractivity contribution is -0.171. The van der Waals surface area contributed by atoms with Crippen LogP contribution in [0.2, 0.25) is 0 Å². The molecule has 0 spiro atoms. The molecule has 0 saturated carbocycles. The van der Waals surface area contributed by atoms with Gasteiger partial charge in [0.2, 0.25) is 5.91 Å². The van der Waals surface area contributed by atoms with E-state index in [-0.39, 0.29) is 12.5 Å². The highest BCUT2D eigenvalue weighted by molar-refractivity contribution is 5.81. The summed E-state index contributed by atoms with van der Waals surface area (Å²) in [5.74, 6) is -3.97. The van der Waals surface area contributed by atoms with Gasteiger partial charge in [0.15, 0.2) is 0 Å². The van der Waals surface area contributed by atoms with Crippen molar-refractivity contribution in [3.63, 3.8) is 0 Å². The molecule has 0 fully saturated rings. The van der Waals surface area contributed by atoms with Gasteiger partial charge in [0.25, 0.3) is 0 Å². The number of ether oxygens (including phenoxy) is 1. The molecule has 1 aliphatic rings. The van der Waals surface area contributed by atoms with Crippen LogP contribution in [-0.2, 0) is 14.3 Å². The highest BCUT2D eigenvalue weighted by Crippen LogP contribution is 2.44. The van der Waals surface area contributed by atoms with Crippen LogP contribution < -0.4 is 10.6 Å². The Morgan fingerprint density at radius 2 is 1.50 bits per heavy atom. The molecular formula is C24H25F3N2O5. The molecule has 0 heterocycles. The summed E-state index contributed by atoms with van der Waals surface area (Å²) in [4.78, 5) is 35.3. The molecule has 0 bridgehead atoms. The average Bonchev–Trinajstić information content (AvgIpc) is 3.09. The maximum absolute atomic E-state index is 13.0. The Morgan fingerprint density at radius 1 is 0.971 bits per heavy atom. The summed E-state index contributed by atoms with van der Waals surface area (Å²) in [6.07, 6.45) is -7.03. The third kappa shape index (κ3) is 5.67. The number of alkyl halides is 3. The number of carboxylic acid groups (broad SMARTS) is 1. The van der Waals surface area contributed by atoms with Crippen LogP contribution in [0.5, 0.6) is 0 Å². The Bertz CT molecular complexity index is 1030. The number of aliphatic carboxylic acids is 1. The van der Waals surface area contributed by atoms with E-state index in [4.69, 9.17) is 9.84 Å². The minimum atomic E-state index is -4.92. The number of hydrogen-bond donors (Lipinski definition) is 3. The molecule has 0 radical (unpaired) electrons. The molecule has 34 heavy (non-hydrogen) atoms. The van der Waals surface area contributed by atoms with Crippen molar-refractivity contribution < 1.29 is 37.4 Å². The molecule has 2 aromatic carbocycles. The number of nitrogens with one attached hydrogen (secondary N) is 2. The lowest BCUT2D eigenvalue weighted by Gasteiger charge is -2.25. The SMILES string of the molecule is CC(NC(=O)OCC1c2ccccc2-c2ccccc21)C(C)C(=O)NC(CC(=O)O)C(F)(F)F. The van der Waals surface area contributed by atoms with Gasteiger partial charge in [-0.15, -0.1) is 0 Å². The number of carbonyl (C=O) groups excluding carboxylic acids is 2. The zero-order chi connectivity index (χ0) is 25.0. The van der Waals surface area contributed by atoms with E-state index in [1.807, 2.05) is 48.5 Å². The standard InChI is InChI=1S/C24H25F3N2O5/c1-13(22(32)29-20(11-21(30)31)24(25,26)27)14(2)28-23(33)34-12-19-17-9-5-3-7-15(17)16-8-4-6-10-18(16)19/h3-10,13-14,19-20H,11-12H2,1-2H3,(H,28,33)(H,29,32)(H,30,31). The van der Waals surface area contributed by atoms with Gasteiger partial charge in [-0.1, -0.05) is 55.5 Å². The lowest BCUT2D eigenvalue weighted by atomic mass is 9.98. The van der Waals surface area contributed by atoms with Crippen LogP contribution >= 0.6 is 0 Å². The molecule has 0 aromatic heterocycles. The van der Waals surface area contributed by atoms with E-state index in [9.17, 15) is 27.6 Å². The van der Waals surface area contributed by atoms with Crippen molar-refractivity contribution in [3.05, 3.63) is 59.7 Å². The van der Waals surface area contributed by atoms with Crippen LogP contribution in [0.1, 0.15) is 37.3 Å². The zero-order valence-electron chi connectivity index (χ0n) is 18.6. The smallest absolute Gasteiger partial charge is 0.409 e. The molecule has 3 atom stereocenters. The van der Waals surface area contributed by atoms with Crippen molar-refractivity contribution in [1.29, 1.82) is 0 Å². The topological polar surface area (TPSA) is 105 Å². The minimum absolute atomic E-state index is 0.0436. The van der Waals surface area contributed by atoms with E-state index in [2.05, 4.69) is 5.32 Å². The van der Waals surface area contributed by atoms with Crippen LogP contribution in [0, 0.1) is 5.92 Å². The molecule has 0 saturated heterocycles. The van der Waals surface area contributed by atoms with Crippen molar-refractivity contribution in [1.82, 2.24) is 10.6 Å². The summed E-state index contributed by atoms with van der Waals surface area (Å²) >= 11 is 0. The highest BCUT2D eigenvalue weighted by Gasteiger charge is 2.43. The summed E-state index contributed by atoms with van der Waals surface area (Å²) in [5, 5.41) is 12.8. The van der Waals surface area contributed by atoms with Crippen molar-refractivity contribution in [2.24, 2.45) is 5.92 Å².